The van der Waals surface area contributed by atoms with Crippen molar-refractivity contribution in [1.82, 2.24) is 4.90 Å². The number of allylic oxidation sites excluding steroid dienone is 1. The normalized spacial score (nSPS) is 26.2. The molecule has 1 unspecified atom stereocenters. The molecular weight excluding hydrogens is 272 g/mol. The number of ether oxygens (including phenoxy) is 1. The van der Waals surface area contributed by atoms with Crippen molar-refractivity contribution in [2.75, 3.05) is 12.4 Å². The highest BCUT2D eigenvalue weighted by atomic mass is 32.2. The number of hydrogen-bond donors (Lipinski definition) is 2. The van der Waals surface area contributed by atoms with Crippen LogP contribution in [0.5, 0.6) is 0 Å². The lowest BCUT2D eigenvalue weighted by Crippen LogP contribution is -2.68. The van der Waals surface area contributed by atoms with Crippen LogP contribution in [-0.4, -0.2) is 52.1 Å². The SMILES string of the molecule is NC1C(=O)N2C(C(=O)O)=C(C=CCOC=O)CS[C@H]12. The van der Waals surface area contributed by atoms with Crippen LogP contribution in [0.4, 0.5) is 0 Å². The molecule has 2 heterocycles. The van der Waals surface area contributed by atoms with Gasteiger partial charge < -0.3 is 15.6 Å². The predicted molar refractivity (Wildman–Crippen MR) is 66.9 cm³/mol. The Hall–Kier alpha value is -1.80. The van der Waals surface area contributed by atoms with Crippen molar-refractivity contribution in [3.63, 3.8) is 0 Å². The molecule has 19 heavy (non-hydrogen) atoms. The van der Waals surface area contributed by atoms with Gasteiger partial charge in [-0.25, -0.2) is 4.79 Å². The fraction of sp³-hybridized carbons (Fsp3) is 0.364. The lowest BCUT2D eigenvalue weighted by atomic mass is 10.0. The molecule has 0 saturated carbocycles. The zero-order chi connectivity index (χ0) is 14.0. The molecule has 0 aromatic carbocycles. The molecule has 0 spiro atoms. The van der Waals surface area contributed by atoms with Crippen LogP contribution in [0.3, 0.4) is 0 Å². The molecule has 8 heteroatoms. The van der Waals surface area contributed by atoms with E-state index < -0.39 is 12.0 Å². The first kappa shape index (κ1) is 13.6. The average Bonchev–Trinajstić information content (AvgIpc) is 2.41. The quantitative estimate of drug-likeness (QED) is 0.390. The minimum absolute atomic E-state index is 0.0437. The third kappa shape index (κ3) is 2.36. The van der Waals surface area contributed by atoms with Gasteiger partial charge in [0.2, 0.25) is 5.91 Å². The summed E-state index contributed by atoms with van der Waals surface area (Å²) in [4.78, 5) is 34.1. The number of carbonyl (C=O) groups excluding carboxylic acids is 2. The van der Waals surface area contributed by atoms with Gasteiger partial charge in [-0.3, -0.25) is 14.5 Å². The van der Waals surface area contributed by atoms with Gasteiger partial charge in [0.15, 0.2) is 0 Å². The summed E-state index contributed by atoms with van der Waals surface area (Å²) in [5.41, 5.74) is 6.08. The summed E-state index contributed by atoms with van der Waals surface area (Å²) in [6.45, 7) is 0.363. The van der Waals surface area contributed by atoms with Crippen molar-refractivity contribution in [3.8, 4) is 0 Å². The van der Waals surface area contributed by atoms with Crippen LogP contribution in [0.1, 0.15) is 0 Å². The van der Waals surface area contributed by atoms with Crippen molar-refractivity contribution >= 4 is 30.1 Å². The third-order valence-electron chi connectivity index (χ3n) is 2.82. The van der Waals surface area contributed by atoms with E-state index in [1.54, 1.807) is 6.08 Å². The first-order valence-corrected chi connectivity index (χ1v) is 6.51. The Morgan fingerprint density at radius 1 is 1.63 bits per heavy atom. The van der Waals surface area contributed by atoms with Crippen molar-refractivity contribution in [2.24, 2.45) is 5.73 Å². The second-order valence-corrected chi connectivity index (χ2v) is 5.05. The largest absolute Gasteiger partial charge is 0.477 e. The molecular formula is C11H12N2O5S. The van der Waals surface area contributed by atoms with Gasteiger partial charge in [0, 0.05) is 5.75 Å². The molecule has 2 atom stereocenters. The van der Waals surface area contributed by atoms with Crippen molar-refractivity contribution in [2.45, 2.75) is 11.4 Å². The third-order valence-corrected chi connectivity index (χ3v) is 4.14. The molecule has 2 aliphatic rings. The Morgan fingerprint density at radius 3 is 3.00 bits per heavy atom. The maximum Gasteiger partial charge on any atom is 0.352 e. The number of carboxylic acid groups (broad SMARTS) is 1. The number of amides is 1. The summed E-state index contributed by atoms with van der Waals surface area (Å²) < 4.78 is 4.48. The van der Waals surface area contributed by atoms with Gasteiger partial charge in [0.1, 0.15) is 23.7 Å². The van der Waals surface area contributed by atoms with E-state index in [0.717, 1.165) is 0 Å². The van der Waals surface area contributed by atoms with E-state index in [-0.39, 0.29) is 23.6 Å². The van der Waals surface area contributed by atoms with Gasteiger partial charge in [-0.05, 0) is 11.6 Å². The van der Waals surface area contributed by atoms with Crippen LogP contribution < -0.4 is 5.73 Å². The summed E-state index contributed by atoms with van der Waals surface area (Å²) in [6, 6.07) is -0.636. The zero-order valence-electron chi connectivity index (χ0n) is 9.81. The van der Waals surface area contributed by atoms with Gasteiger partial charge in [0.05, 0.1) is 0 Å². The maximum atomic E-state index is 11.6. The van der Waals surface area contributed by atoms with Crippen LogP contribution in [0.15, 0.2) is 23.4 Å². The number of β-lactam (4-membered cyclic amide) rings is 1. The highest BCUT2D eigenvalue weighted by Crippen LogP contribution is 2.39. The number of thioether (sulfide) groups is 1. The summed E-state index contributed by atoms with van der Waals surface area (Å²) in [5, 5.41) is 8.91. The van der Waals surface area contributed by atoms with E-state index in [2.05, 4.69) is 4.74 Å². The number of nitrogens with zero attached hydrogens (tertiary/aromatic N) is 1. The number of fused-ring (bicyclic) bond motifs is 1. The lowest BCUT2D eigenvalue weighted by Gasteiger charge is -2.47. The molecule has 0 aromatic rings. The average molecular weight is 284 g/mol. The van der Waals surface area contributed by atoms with E-state index in [0.29, 0.717) is 17.8 Å². The van der Waals surface area contributed by atoms with E-state index >= 15 is 0 Å². The molecule has 0 aliphatic carbocycles. The molecule has 0 aromatic heterocycles. The van der Waals surface area contributed by atoms with Crippen LogP contribution in [0.2, 0.25) is 0 Å². The Morgan fingerprint density at radius 2 is 2.37 bits per heavy atom. The topological polar surface area (TPSA) is 110 Å². The smallest absolute Gasteiger partial charge is 0.352 e. The van der Waals surface area contributed by atoms with Crippen LogP contribution in [-0.2, 0) is 19.1 Å². The second kappa shape index (κ2) is 5.45. The Bertz CT molecular complexity index is 487. The molecule has 0 bridgehead atoms. The van der Waals surface area contributed by atoms with Crippen molar-refractivity contribution in [3.05, 3.63) is 23.4 Å². The summed E-state index contributed by atoms with van der Waals surface area (Å²) >= 11 is 1.42. The fourth-order valence-electron chi connectivity index (χ4n) is 1.95. The molecule has 1 fully saturated rings. The summed E-state index contributed by atoms with van der Waals surface area (Å²) in [6.07, 6.45) is 3.07. The number of aliphatic carboxylic acids is 1. The zero-order valence-corrected chi connectivity index (χ0v) is 10.6. The molecule has 3 N–H and O–H groups in total. The number of carboxylic acids is 1. The molecule has 2 aliphatic heterocycles. The summed E-state index contributed by atoms with van der Waals surface area (Å²) in [5.74, 6) is -1.10. The van der Waals surface area contributed by atoms with E-state index in [9.17, 15) is 19.5 Å². The summed E-state index contributed by atoms with van der Waals surface area (Å²) in [7, 11) is 0. The number of carbonyl (C=O) groups is 3. The molecule has 0 radical (unpaired) electrons. The molecule has 102 valence electrons. The number of hydrogen-bond acceptors (Lipinski definition) is 6. The van der Waals surface area contributed by atoms with Gasteiger partial charge in [-0.2, -0.15) is 0 Å². The number of rotatable bonds is 5. The van der Waals surface area contributed by atoms with Gasteiger partial charge in [0.25, 0.3) is 6.47 Å². The Balaban J connectivity index is 2.23. The maximum absolute atomic E-state index is 11.6. The van der Waals surface area contributed by atoms with Crippen molar-refractivity contribution in [1.29, 1.82) is 0 Å². The first-order valence-electron chi connectivity index (χ1n) is 5.46. The molecule has 1 saturated heterocycles. The monoisotopic (exact) mass is 284 g/mol. The van der Waals surface area contributed by atoms with Crippen LogP contribution in [0.25, 0.3) is 0 Å². The number of nitrogens with two attached hydrogens (primary N) is 1. The van der Waals surface area contributed by atoms with Gasteiger partial charge in [-0.1, -0.05) is 6.08 Å². The Kier molecular flexibility index (Phi) is 3.91. The molecule has 2 rings (SSSR count). The predicted octanol–water partition coefficient (Wildman–Crippen LogP) is -0.703. The minimum atomic E-state index is -1.17. The van der Waals surface area contributed by atoms with E-state index in [1.807, 2.05) is 0 Å². The lowest BCUT2D eigenvalue weighted by molar-refractivity contribution is -0.147. The van der Waals surface area contributed by atoms with Gasteiger partial charge >= 0.3 is 5.97 Å². The minimum Gasteiger partial charge on any atom is -0.477 e. The second-order valence-electron chi connectivity index (χ2n) is 3.95. The fourth-order valence-corrected chi connectivity index (χ4v) is 3.22. The molecule has 1 amide bonds. The standard InChI is InChI=1S/C11H12N2O5S/c12-7-9(15)13-8(11(16)17)6(4-19-10(7)13)2-1-3-18-5-14/h1-2,5,7,10H,3-4,12H2,(H,16,17)/t7?,10-/m1/s1. The highest BCUT2D eigenvalue weighted by Gasteiger charge is 2.51. The highest BCUT2D eigenvalue weighted by molar-refractivity contribution is 8.00. The van der Waals surface area contributed by atoms with E-state index in [4.69, 9.17) is 5.73 Å². The van der Waals surface area contributed by atoms with Crippen LogP contribution >= 0.6 is 11.8 Å². The van der Waals surface area contributed by atoms with E-state index in [1.165, 1.54) is 22.7 Å². The van der Waals surface area contributed by atoms with Gasteiger partial charge in [-0.15, -0.1) is 11.8 Å². The van der Waals surface area contributed by atoms with Crippen LogP contribution in [0, 0.1) is 0 Å². The Labute approximate surface area is 113 Å². The first-order chi connectivity index (χ1) is 9.07. The van der Waals surface area contributed by atoms with Crippen molar-refractivity contribution < 1.29 is 24.2 Å². The molecule has 7 nitrogen and oxygen atoms in total.